The highest BCUT2D eigenvalue weighted by atomic mass is 19.2. The van der Waals surface area contributed by atoms with Crippen molar-refractivity contribution < 1.29 is 22.6 Å². The minimum absolute atomic E-state index is 0.0193. The Hall–Kier alpha value is -2.01. The Morgan fingerprint density at radius 3 is 1.97 bits per heavy atom. The molecule has 0 saturated heterocycles. The molecule has 2 fully saturated rings. The topological polar surface area (TPSA) is 18.5 Å². The molecule has 2 saturated carbocycles. The summed E-state index contributed by atoms with van der Waals surface area (Å²) in [5.41, 5.74) is 1.26. The summed E-state index contributed by atoms with van der Waals surface area (Å²) in [6.45, 7) is 11.9. The Kier molecular flexibility index (Phi) is 9.25. The first kappa shape index (κ1) is 25.6. The van der Waals surface area contributed by atoms with Crippen LogP contribution in [0.4, 0.5) is 13.2 Å². The summed E-state index contributed by atoms with van der Waals surface area (Å²) in [7, 11) is 0. The largest absolute Gasteiger partial charge is 0.494 e. The van der Waals surface area contributed by atoms with Crippen LogP contribution in [0.1, 0.15) is 88.2 Å². The Morgan fingerprint density at radius 1 is 0.939 bits per heavy atom. The highest BCUT2D eigenvalue weighted by Crippen LogP contribution is 2.40. The molecule has 0 unspecified atom stereocenters. The first-order valence-corrected chi connectivity index (χ1v) is 12.3. The zero-order chi connectivity index (χ0) is 24.0. The van der Waals surface area contributed by atoms with Crippen LogP contribution in [0.5, 0.6) is 0 Å². The first-order valence-electron chi connectivity index (χ1n) is 12.3. The lowest BCUT2D eigenvalue weighted by molar-refractivity contribution is 0.0382. The highest BCUT2D eigenvalue weighted by molar-refractivity contribution is 5.32. The molecule has 0 heterocycles. The zero-order valence-electron chi connectivity index (χ0n) is 20.0. The smallest absolute Gasteiger partial charge is 0.162 e. The van der Waals surface area contributed by atoms with Gasteiger partial charge >= 0.3 is 0 Å². The third kappa shape index (κ3) is 6.75. The van der Waals surface area contributed by atoms with E-state index < -0.39 is 17.5 Å². The fourth-order valence-electron chi connectivity index (χ4n) is 5.08. The Bertz CT molecular complexity index is 860. The molecule has 182 valence electrons. The zero-order valence-corrected chi connectivity index (χ0v) is 20.0. The van der Waals surface area contributed by atoms with Crippen LogP contribution in [0.15, 0.2) is 48.5 Å². The SMILES string of the molecule is C=C(/C=C(/F)C(=C)COC1CCC(c2ccc(C3CCC(C)CC3)c(F)c2F)CC1)OCC. The molecule has 1 aromatic carbocycles. The molecule has 0 spiro atoms. The standard InChI is InChI=1S/C28H37F3O2/c1-5-32-20(4)16-26(29)19(3)17-33-23-12-10-22(11-13-23)25-15-14-24(27(30)28(25)31)21-8-6-18(2)7-9-21/h14-16,18,21-23H,3-13,17H2,1-2H3/b26-16+. The summed E-state index contributed by atoms with van der Waals surface area (Å²) < 4.78 is 55.0. The summed E-state index contributed by atoms with van der Waals surface area (Å²) in [6.07, 6.45) is 8.05. The molecule has 5 heteroatoms. The van der Waals surface area contributed by atoms with E-state index in [0.29, 0.717) is 36.5 Å². The van der Waals surface area contributed by atoms with Gasteiger partial charge in [-0.1, -0.05) is 45.1 Å². The fraction of sp³-hybridized carbons (Fsp3) is 0.571. The number of rotatable bonds is 9. The highest BCUT2D eigenvalue weighted by Gasteiger charge is 2.29. The van der Waals surface area contributed by atoms with E-state index in [1.807, 2.05) is 6.07 Å². The monoisotopic (exact) mass is 462 g/mol. The summed E-state index contributed by atoms with van der Waals surface area (Å²) in [5.74, 6) is -0.813. The van der Waals surface area contributed by atoms with E-state index in [-0.39, 0.29) is 35.9 Å². The van der Waals surface area contributed by atoms with Crippen molar-refractivity contribution in [3.63, 3.8) is 0 Å². The van der Waals surface area contributed by atoms with Crippen molar-refractivity contribution in [3.05, 3.63) is 71.3 Å². The normalized spacial score (nSPS) is 26.2. The van der Waals surface area contributed by atoms with Gasteiger partial charge in [-0.3, -0.25) is 0 Å². The molecule has 33 heavy (non-hydrogen) atoms. The van der Waals surface area contributed by atoms with Gasteiger partial charge in [0.1, 0.15) is 11.6 Å². The second-order valence-corrected chi connectivity index (χ2v) is 9.61. The molecule has 1 aromatic rings. The molecular formula is C28H37F3O2. The Labute approximate surface area is 196 Å². The van der Waals surface area contributed by atoms with Crippen LogP contribution in [0, 0.1) is 17.6 Å². The van der Waals surface area contributed by atoms with E-state index >= 15 is 0 Å². The van der Waals surface area contributed by atoms with Gasteiger partial charge in [-0.2, -0.15) is 0 Å². The minimum Gasteiger partial charge on any atom is -0.494 e. The van der Waals surface area contributed by atoms with Gasteiger partial charge in [-0.25, -0.2) is 13.2 Å². The lowest BCUT2D eigenvalue weighted by Gasteiger charge is -2.30. The van der Waals surface area contributed by atoms with Gasteiger partial charge in [0.25, 0.3) is 0 Å². The lowest BCUT2D eigenvalue weighted by Crippen LogP contribution is -2.22. The number of benzene rings is 1. The molecule has 0 radical (unpaired) electrons. The van der Waals surface area contributed by atoms with E-state index in [9.17, 15) is 13.2 Å². The molecule has 0 amide bonds. The maximum absolute atomic E-state index is 15.0. The van der Waals surface area contributed by atoms with Crippen molar-refractivity contribution in [1.82, 2.24) is 0 Å². The molecule has 0 aliphatic heterocycles. The summed E-state index contributed by atoms with van der Waals surface area (Å²) >= 11 is 0. The van der Waals surface area contributed by atoms with Crippen molar-refractivity contribution in [1.29, 1.82) is 0 Å². The van der Waals surface area contributed by atoms with Crippen molar-refractivity contribution in [2.24, 2.45) is 5.92 Å². The molecule has 2 aliphatic carbocycles. The second-order valence-electron chi connectivity index (χ2n) is 9.61. The summed E-state index contributed by atoms with van der Waals surface area (Å²) in [4.78, 5) is 0. The van der Waals surface area contributed by atoms with Crippen LogP contribution in [0.2, 0.25) is 0 Å². The van der Waals surface area contributed by atoms with Gasteiger partial charge in [0, 0.05) is 11.6 Å². The third-order valence-corrected chi connectivity index (χ3v) is 7.16. The number of ether oxygens (including phenoxy) is 2. The molecule has 0 aromatic heterocycles. The van der Waals surface area contributed by atoms with E-state index in [1.54, 1.807) is 13.0 Å². The van der Waals surface area contributed by atoms with Crippen LogP contribution in [0.3, 0.4) is 0 Å². The predicted molar refractivity (Wildman–Crippen MR) is 127 cm³/mol. The molecular weight excluding hydrogens is 425 g/mol. The molecule has 2 nitrogen and oxygen atoms in total. The van der Waals surface area contributed by atoms with E-state index in [2.05, 4.69) is 20.1 Å². The van der Waals surface area contributed by atoms with Gasteiger partial charge in [0.05, 0.1) is 19.3 Å². The molecule has 0 atom stereocenters. The van der Waals surface area contributed by atoms with Crippen LogP contribution < -0.4 is 0 Å². The van der Waals surface area contributed by atoms with E-state index in [0.717, 1.165) is 38.5 Å². The van der Waals surface area contributed by atoms with Gasteiger partial charge < -0.3 is 9.47 Å². The third-order valence-electron chi connectivity index (χ3n) is 7.16. The van der Waals surface area contributed by atoms with Crippen LogP contribution >= 0.6 is 0 Å². The van der Waals surface area contributed by atoms with Gasteiger partial charge in [0.15, 0.2) is 11.6 Å². The number of halogens is 3. The lowest BCUT2D eigenvalue weighted by atomic mass is 9.77. The number of hydrogen-bond donors (Lipinski definition) is 0. The average Bonchev–Trinajstić information content (AvgIpc) is 2.80. The molecule has 0 bridgehead atoms. The number of hydrogen-bond acceptors (Lipinski definition) is 2. The van der Waals surface area contributed by atoms with Crippen molar-refractivity contribution in [2.45, 2.75) is 83.2 Å². The van der Waals surface area contributed by atoms with Crippen molar-refractivity contribution in [2.75, 3.05) is 13.2 Å². The quantitative estimate of drug-likeness (QED) is 0.272. The first-order chi connectivity index (χ1) is 15.8. The Morgan fingerprint density at radius 2 is 1.45 bits per heavy atom. The predicted octanol–water partition coefficient (Wildman–Crippen LogP) is 8.26. The van der Waals surface area contributed by atoms with Crippen LogP contribution in [-0.4, -0.2) is 19.3 Å². The maximum atomic E-state index is 15.0. The average molecular weight is 463 g/mol. The number of allylic oxidation sites excluding steroid dienone is 1. The summed E-state index contributed by atoms with van der Waals surface area (Å²) in [5, 5.41) is 0. The fourth-order valence-corrected chi connectivity index (χ4v) is 5.08. The maximum Gasteiger partial charge on any atom is 0.162 e. The second kappa shape index (κ2) is 11.9. The van der Waals surface area contributed by atoms with Gasteiger partial charge in [0.2, 0.25) is 0 Å². The van der Waals surface area contributed by atoms with Crippen molar-refractivity contribution in [3.8, 4) is 0 Å². The Balaban J connectivity index is 1.52. The van der Waals surface area contributed by atoms with Crippen LogP contribution in [0.25, 0.3) is 0 Å². The molecule has 0 N–H and O–H groups in total. The summed E-state index contributed by atoms with van der Waals surface area (Å²) in [6, 6.07) is 3.61. The van der Waals surface area contributed by atoms with Crippen molar-refractivity contribution >= 4 is 0 Å². The minimum atomic E-state index is -0.675. The van der Waals surface area contributed by atoms with Gasteiger partial charge in [-0.05, 0) is 74.3 Å². The van der Waals surface area contributed by atoms with Crippen LogP contribution in [-0.2, 0) is 9.47 Å². The van der Waals surface area contributed by atoms with E-state index in [4.69, 9.17) is 9.47 Å². The molecule has 3 rings (SSSR count). The van der Waals surface area contributed by atoms with Gasteiger partial charge in [-0.15, -0.1) is 0 Å². The van der Waals surface area contributed by atoms with E-state index in [1.165, 1.54) is 6.08 Å². The molecule has 2 aliphatic rings.